The van der Waals surface area contributed by atoms with E-state index in [9.17, 15) is 26.4 Å². The van der Waals surface area contributed by atoms with Gasteiger partial charge in [-0.1, -0.05) is 0 Å². The van der Waals surface area contributed by atoms with Crippen molar-refractivity contribution < 1.29 is 36.2 Å². The van der Waals surface area contributed by atoms with Gasteiger partial charge in [0.2, 0.25) is 10.0 Å². The van der Waals surface area contributed by atoms with E-state index in [1.54, 1.807) is 5.32 Å². The van der Waals surface area contributed by atoms with Crippen LogP contribution in [0.3, 0.4) is 0 Å². The maximum absolute atomic E-state index is 11.9. The lowest BCUT2D eigenvalue weighted by atomic mass is 10.3. The molecule has 0 aliphatic carbocycles. The van der Waals surface area contributed by atoms with E-state index >= 15 is 0 Å². The molecule has 0 fully saturated rings. The standard InChI is InChI=1S/C12H15F3N2O5S/c13-12(14,15)11(19)16-5-7-22-8-6-17-23(20,21)10-3-1-9(18)2-4-10/h1-4,17-18H,5-8H2,(H,16,19). The fraction of sp³-hybridized carbons (Fsp3) is 0.417. The number of carbonyl (C=O) groups excluding carboxylic acids is 1. The van der Waals surface area contributed by atoms with Crippen molar-refractivity contribution in [2.75, 3.05) is 26.3 Å². The molecule has 0 aliphatic rings. The van der Waals surface area contributed by atoms with Gasteiger partial charge in [0.15, 0.2) is 0 Å². The van der Waals surface area contributed by atoms with Crippen molar-refractivity contribution in [3.63, 3.8) is 0 Å². The Kier molecular flexibility index (Phi) is 6.79. The summed E-state index contributed by atoms with van der Waals surface area (Å²) in [5.74, 6) is -2.14. The summed E-state index contributed by atoms with van der Waals surface area (Å²) in [6.45, 7) is -0.721. The molecule has 0 bridgehead atoms. The summed E-state index contributed by atoms with van der Waals surface area (Å²) in [5, 5.41) is 10.7. The number of carbonyl (C=O) groups is 1. The maximum Gasteiger partial charge on any atom is 0.471 e. The lowest BCUT2D eigenvalue weighted by Gasteiger charge is -2.09. The number of nitrogens with one attached hydrogen (secondary N) is 2. The van der Waals surface area contributed by atoms with Crippen molar-refractivity contribution in [3.8, 4) is 5.75 Å². The smallest absolute Gasteiger partial charge is 0.471 e. The zero-order valence-electron chi connectivity index (χ0n) is 11.8. The van der Waals surface area contributed by atoms with Gasteiger partial charge in [-0.2, -0.15) is 13.2 Å². The van der Waals surface area contributed by atoms with Crippen molar-refractivity contribution in [1.29, 1.82) is 0 Å². The monoisotopic (exact) mass is 356 g/mol. The van der Waals surface area contributed by atoms with Crippen molar-refractivity contribution >= 4 is 15.9 Å². The molecule has 11 heteroatoms. The average Bonchev–Trinajstić information content (AvgIpc) is 2.45. The number of hydrogen-bond acceptors (Lipinski definition) is 5. The molecule has 0 aromatic heterocycles. The van der Waals surface area contributed by atoms with E-state index in [1.807, 2.05) is 0 Å². The lowest BCUT2D eigenvalue weighted by Crippen LogP contribution is -2.38. The van der Waals surface area contributed by atoms with Gasteiger partial charge in [-0.15, -0.1) is 0 Å². The van der Waals surface area contributed by atoms with E-state index in [-0.39, 0.29) is 36.9 Å². The zero-order valence-corrected chi connectivity index (χ0v) is 12.6. The Morgan fingerprint density at radius 2 is 1.70 bits per heavy atom. The average molecular weight is 356 g/mol. The predicted octanol–water partition coefficient (Wildman–Crippen LogP) is 0.366. The molecule has 1 rings (SSSR count). The lowest BCUT2D eigenvalue weighted by molar-refractivity contribution is -0.173. The van der Waals surface area contributed by atoms with Crippen LogP contribution in [0.25, 0.3) is 0 Å². The Morgan fingerprint density at radius 1 is 1.13 bits per heavy atom. The molecule has 0 spiro atoms. The van der Waals surface area contributed by atoms with Gasteiger partial charge < -0.3 is 15.2 Å². The number of sulfonamides is 1. The van der Waals surface area contributed by atoms with Crippen molar-refractivity contribution in [3.05, 3.63) is 24.3 Å². The molecule has 1 amide bonds. The molecule has 1 aromatic rings. The number of amides is 1. The molecule has 0 atom stereocenters. The zero-order chi connectivity index (χ0) is 17.5. The molecule has 0 heterocycles. The fourth-order valence-corrected chi connectivity index (χ4v) is 2.41. The normalized spacial score (nSPS) is 12.1. The number of phenols is 1. The molecule has 7 nitrogen and oxygen atoms in total. The van der Waals surface area contributed by atoms with Gasteiger partial charge in [-0.05, 0) is 24.3 Å². The molecule has 23 heavy (non-hydrogen) atoms. The van der Waals surface area contributed by atoms with E-state index < -0.39 is 22.1 Å². The highest BCUT2D eigenvalue weighted by Gasteiger charge is 2.38. The van der Waals surface area contributed by atoms with Crippen LogP contribution in [0.5, 0.6) is 5.75 Å². The van der Waals surface area contributed by atoms with Gasteiger partial charge >= 0.3 is 12.1 Å². The minimum atomic E-state index is -4.94. The van der Waals surface area contributed by atoms with Crippen LogP contribution >= 0.6 is 0 Å². The third-order valence-electron chi connectivity index (χ3n) is 2.47. The molecular formula is C12H15F3N2O5S. The van der Waals surface area contributed by atoms with E-state index in [0.717, 1.165) is 0 Å². The van der Waals surface area contributed by atoms with Crippen LogP contribution in [0.2, 0.25) is 0 Å². The molecule has 0 unspecified atom stereocenters. The number of ether oxygens (including phenoxy) is 1. The predicted molar refractivity (Wildman–Crippen MR) is 73.2 cm³/mol. The van der Waals surface area contributed by atoms with Gasteiger partial charge in [-0.3, -0.25) is 4.79 Å². The van der Waals surface area contributed by atoms with Gasteiger partial charge in [0.05, 0.1) is 18.1 Å². The van der Waals surface area contributed by atoms with Crippen LogP contribution in [-0.4, -0.2) is 51.9 Å². The van der Waals surface area contributed by atoms with Crippen LogP contribution in [0.15, 0.2) is 29.2 Å². The first-order chi connectivity index (χ1) is 10.6. The Morgan fingerprint density at radius 3 is 2.26 bits per heavy atom. The Balaban J connectivity index is 2.22. The van der Waals surface area contributed by atoms with Crippen LogP contribution in [-0.2, 0) is 19.6 Å². The molecule has 0 aliphatic heterocycles. The van der Waals surface area contributed by atoms with Crippen LogP contribution in [0.4, 0.5) is 13.2 Å². The third kappa shape index (κ3) is 6.84. The van der Waals surface area contributed by atoms with Gasteiger partial charge in [0.1, 0.15) is 5.75 Å². The summed E-state index contributed by atoms with van der Waals surface area (Å²) in [6, 6.07) is 4.86. The second kappa shape index (κ2) is 8.13. The second-order valence-electron chi connectivity index (χ2n) is 4.26. The number of alkyl halides is 3. The van der Waals surface area contributed by atoms with Crippen LogP contribution in [0.1, 0.15) is 0 Å². The fourth-order valence-electron chi connectivity index (χ4n) is 1.40. The first-order valence-electron chi connectivity index (χ1n) is 6.34. The highest BCUT2D eigenvalue weighted by atomic mass is 32.2. The summed E-state index contributed by atoms with van der Waals surface area (Å²) >= 11 is 0. The number of benzene rings is 1. The number of rotatable bonds is 8. The minimum Gasteiger partial charge on any atom is -0.508 e. The third-order valence-corrected chi connectivity index (χ3v) is 3.95. The first-order valence-corrected chi connectivity index (χ1v) is 7.83. The van der Waals surface area contributed by atoms with E-state index in [4.69, 9.17) is 9.84 Å². The summed E-state index contributed by atoms with van der Waals surface area (Å²) in [7, 11) is -3.76. The van der Waals surface area contributed by atoms with Crippen molar-refractivity contribution in [2.24, 2.45) is 0 Å². The van der Waals surface area contributed by atoms with Gasteiger partial charge in [0.25, 0.3) is 0 Å². The largest absolute Gasteiger partial charge is 0.508 e. The van der Waals surface area contributed by atoms with Crippen LogP contribution < -0.4 is 10.0 Å². The van der Waals surface area contributed by atoms with Gasteiger partial charge in [0, 0.05) is 13.1 Å². The van der Waals surface area contributed by atoms with E-state index in [2.05, 4.69) is 4.72 Å². The first kappa shape index (κ1) is 19.2. The molecule has 0 saturated carbocycles. The molecule has 130 valence electrons. The number of hydrogen-bond donors (Lipinski definition) is 3. The quantitative estimate of drug-likeness (QED) is 0.584. The number of halogens is 3. The van der Waals surface area contributed by atoms with Gasteiger partial charge in [-0.25, -0.2) is 13.1 Å². The Hall–Kier alpha value is -1.85. The van der Waals surface area contributed by atoms with Crippen molar-refractivity contribution in [2.45, 2.75) is 11.1 Å². The highest BCUT2D eigenvalue weighted by Crippen LogP contribution is 2.14. The summed E-state index contributed by atoms with van der Waals surface area (Å²) in [4.78, 5) is 10.4. The Labute approximate surface area is 130 Å². The second-order valence-corrected chi connectivity index (χ2v) is 6.02. The molecular weight excluding hydrogens is 341 g/mol. The number of phenolic OH excluding ortho intramolecular Hbond substituents is 1. The summed E-state index contributed by atoms with van der Waals surface area (Å²) in [5.41, 5.74) is 0. The summed E-state index contributed by atoms with van der Waals surface area (Å²) in [6.07, 6.45) is -4.94. The molecule has 0 saturated heterocycles. The highest BCUT2D eigenvalue weighted by molar-refractivity contribution is 7.89. The summed E-state index contributed by atoms with van der Waals surface area (Å²) < 4.78 is 66.3. The maximum atomic E-state index is 11.9. The SMILES string of the molecule is O=C(NCCOCCNS(=O)(=O)c1ccc(O)cc1)C(F)(F)F. The van der Waals surface area contributed by atoms with Crippen LogP contribution in [0, 0.1) is 0 Å². The van der Waals surface area contributed by atoms with E-state index in [0.29, 0.717) is 0 Å². The topological polar surface area (TPSA) is 105 Å². The molecule has 0 radical (unpaired) electrons. The molecule has 3 N–H and O–H groups in total. The van der Waals surface area contributed by atoms with E-state index in [1.165, 1.54) is 24.3 Å². The Bertz CT molecular complexity index is 617. The number of aromatic hydroxyl groups is 1. The molecule has 1 aromatic carbocycles. The van der Waals surface area contributed by atoms with Crippen molar-refractivity contribution in [1.82, 2.24) is 10.0 Å². The minimum absolute atomic E-state index is 0.0484.